The molecule has 72 valence electrons. The van der Waals surface area contributed by atoms with Crippen LogP contribution in [0.5, 0.6) is 0 Å². The van der Waals surface area contributed by atoms with Gasteiger partial charge in [-0.15, -0.1) is 0 Å². The Hall–Kier alpha value is -1.63. The number of aryl methyl sites for hydroxylation is 1. The summed E-state index contributed by atoms with van der Waals surface area (Å²) in [5.74, 6) is 0. The van der Waals surface area contributed by atoms with E-state index in [9.17, 15) is 0 Å². The summed E-state index contributed by atoms with van der Waals surface area (Å²) in [7, 11) is 0. The smallest absolute Gasteiger partial charge is 0.0342 e. The Balaban J connectivity index is 2.96. The normalized spacial score (nSPS) is 12.0. The molecule has 0 saturated heterocycles. The van der Waals surface area contributed by atoms with E-state index >= 15 is 0 Å². The first-order chi connectivity index (χ1) is 6.77. The molecule has 0 aliphatic heterocycles. The second kappa shape index (κ2) is 5.18. The maximum atomic E-state index is 4.01. The topological polar surface area (TPSA) is 12.4 Å². The van der Waals surface area contributed by atoms with Crippen LogP contribution < -0.4 is 0 Å². The van der Waals surface area contributed by atoms with Crippen LogP contribution >= 0.6 is 0 Å². The largest absolute Gasteiger partial charge is 0.265 e. The first-order valence-electron chi connectivity index (χ1n) is 4.65. The van der Waals surface area contributed by atoms with Crippen molar-refractivity contribution in [3.8, 4) is 0 Å². The summed E-state index contributed by atoms with van der Waals surface area (Å²) in [5.41, 5.74) is 3.57. The van der Waals surface area contributed by atoms with Crippen molar-refractivity contribution in [2.24, 2.45) is 4.99 Å². The molecule has 0 fully saturated rings. The van der Waals surface area contributed by atoms with Gasteiger partial charge in [-0.1, -0.05) is 42.5 Å². The van der Waals surface area contributed by atoms with E-state index in [1.807, 2.05) is 19.2 Å². The molecule has 0 heterocycles. The van der Waals surface area contributed by atoms with Crippen LogP contribution in [0.4, 0.5) is 0 Å². The van der Waals surface area contributed by atoms with Crippen LogP contribution in [0.2, 0.25) is 0 Å². The summed E-state index contributed by atoms with van der Waals surface area (Å²) < 4.78 is 0. The van der Waals surface area contributed by atoms with Crippen molar-refractivity contribution in [2.45, 2.75) is 13.8 Å². The van der Waals surface area contributed by atoms with Crippen LogP contribution in [0.25, 0.3) is 5.57 Å². The second-order valence-corrected chi connectivity index (χ2v) is 3.07. The lowest BCUT2D eigenvalue weighted by molar-refractivity contribution is 1.46. The highest BCUT2D eigenvalue weighted by Crippen LogP contribution is 2.13. The van der Waals surface area contributed by atoms with Crippen molar-refractivity contribution < 1.29 is 0 Å². The maximum absolute atomic E-state index is 4.01. The van der Waals surface area contributed by atoms with Crippen LogP contribution in [-0.4, -0.2) is 6.21 Å². The molecule has 0 radical (unpaired) electrons. The summed E-state index contributed by atoms with van der Waals surface area (Å²) in [6.07, 6.45) is 5.40. The number of aliphatic imine (C=N–C) groups is 1. The molecule has 0 bridgehead atoms. The molecule has 1 nitrogen and oxygen atoms in total. The molecule has 0 N–H and O–H groups in total. The number of hydrogen-bond acceptors (Lipinski definition) is 1. The fourth-order valence-electron chi connectivity index (χ4n) is 1.19. The third-order valence-electron chi connectivity index (χ3n) is 2.01. The molecule has 0 saturated carbocycles. The van der Waals surface area contributed by atoms with Crippen molar-refractivity contribution >= 4 is 11.8 Å². The lowest BCUT2D eigenvalue weighted by Gasteiger charge is -2.01. The van der Waals surface area contributed by atoms with Gasteiger partial charge in [-0.25, -0.2) is 0 Å². The van der Waals surface area contributed by atoms with Gasteiger partial charge in [0.05, 0.1) is 0 Å². The summed E-state index contributed by atoms with van der Waals surface area (Å²) in [5, 5.41) is 0. The van der Waals surface area contributed by atoms with Crippen LogP contribution in [0, 0.1) is 6.92 Å². The number of rotatable bonds is 3. The zero-order valence-corrected chi connectivity index (χ0v) is 8.70. The molecular formula is C13H15N. The van der Waals surface area contributed by atoms with Gasteiger partial charge in [0.15, 0.2) is 0 Å². The van der Waals surface area contributed by atoms with Gasteiger partial charge in [0.1, 0.15) is 0 Å². The van der Waals surface area contributed by atoms with Gasteiger partial charge in [0.2, 0.25) is 0 Å². The first kappa shape index (κ1) is 10.5. The lowest BCUT2D eigenvalue weighted by Crippen LogP contribution is -1.85. The molecule has 14 heavy (non-hydrogen) atoms. The minimum atomic E-state index is 1.12. The molecule has 1 heteroatoms. The Morgan fingerprint density at radius 1 is 1.29 bits per heavy atom. The van der Waals surface area contributed by atoms with E-state index in [0.717, 1.165) is 5.57 Å². The van der Waals surface area contributed by atoms with E-state index in [0.29, 0.717) is 0 Å². The SMILES string of the molecule is C=CN=C/C(=C\C)c1ccc(C)cc1. The maximum Gasteiger partial charge on any atom is 0.0342 e. The average Bonchev–Trinajstić information content (AvgIpc) is 2.21. The van der Waals surface area contributed by atoms with E-state index in [2.05, 4.69) is 42.8 Å². The summed E-state index contributed by atoms with van der Waals surface area (Å²) >= 11 is 0. The fraction of sp³-hybridized carbons (Fsp3) is 0.154. The minimum Gasteiger partial charge on any atom is -0.265 e. The third kappa shape index (κ3) is 2.70. The number of benzene rings is 1. The summed E-state index contributed by atoms with van der Waals surface area (Å²) in [6.45, 7) is 7.63. The van der Waals surface area contributed by atoms with Crippen molar-refractivity contribution in [1.29, 1.82) is 0 Å². The van der Waals surface area contributed by atoms with Crippen molar-refractivity contribution in [1.82, 2.24) is 0 Å². The van der Waals surface area contributed by atoms with Crippen LogP contribution in [0.1, 0.15) is 18.1 Å². The highest BCUT2D eigenvalue weighted by molar-refractivity contribution is 6.09. The Labute approximate surface area is 85.5 Å². The first-order valence-corrected chi connectivity index (χ1v) is 4.65. The van der Waals surface area contributed by atoms with Gasteiger partial charge < -0.3 is 0 Å². The second-order valence-electron chi connectivity index (χ2n) is 3.07. The monoisotopic (exact) mass is 185 g/mol. The highest BCUT2D eigenvalue weighted by atomic mass is 14.7. The van der Waals surface area contributed by atoms with Gasteiger partial charge >= 0.3 is 0 Å². The quantitative estimate of drug-likeness (QED) is 0.638. The van der Waals surface area contributed by atoms with Crippen LogP contribution in [0.3, 0.4) is 0 Å². The van der Waals surface area contributed by atoms with Gasteiger partial charge in [0, 0.05) is 12.4 Å². The zero-order valence-electron chi connectivity index (χ0n) is 8.70. The standard InChI is InChI=1S/C13H15N/c1-4-12(10-14-5-2)13-8-6-11(3)7-9-13/h4-10H,2H2,1,3H3/b12-4+,14-10?. The van der Waals surface area contributed by atoms with E-state index in [-0.39, 0.29) is 0 Å². The van der Waals surface area contributed by atoms with Gasteiger partial charge in [0.25, 0.3) is 0 Å². The van der Waals surface area contributed by atoms with Crippen molar-refractivity contribution in [3.05, 3.63) is 54.2 Å². The zero-order chi connectivity index (χ0) is 10.4. The Kier molecular flexibility index (Phi) is 3.86. The minimum absolute atomic E-state index is 1.12. The molecule has 0 aliphatic rings. The molecule has 0 atom stereocenters. The number of nitrogens with zero attached hydrogens (tertiary/aromatic N) is 1. The molecule has 1 aromatic rings. The van der Waals surface area contributed by atoms with Gasteiger partial charge in [-0.3, -0.25) is 4.99 Å². The Bertz CT molecular complexity index is 355. The third-order valence-corrected chi connectivity index (χ3v) is 2.01. The summed E-state index contributed by atoms with van der Waals surface area (Å²) in [6, 6.07) is 8.39. The molecule has 0 aromatic heterocycles. The molecular weight excluding hydrogens is 170 g/mol. The highest BCUT2D eigenvalue weighted by Gasteiger charge is 1.95. The molecule has 0 unspecified atom stereocenters. The Morgan fingerprint density at radius 3 is 2.43 bits per heavy atom. The van der Waals surface area contributed by atoms with E-state index in [1.54, 1.807) is 0 Å². The molecule has 1 aromatic carbocycles. The molecule has 0 amide bonds. The average molecular weight is 185 g/mol. The molecule has 0 aliphatic carbocycles. The predicted molar refractivity (Wildman–Crippen MR) is 63.5 cm³/mol. The van der Waals surface area contributed by atoms with Crippen LogP contribution in [0.15, 0.2) is 48.1 Å². The van der Waals surface area contributed by atoms with Crippen molar-refractivity contribution in [3.63, 3.8) is 0 Å². The fourth-order valence-corrected chi connectivity index (χ4v) is 1.19. The van der Waals surface area contributed by atoms with E-state index in [1.165, 1.54) is 17.3 Å². The lowest BCUT2D eigenvalue weighted by atomic mass is 10.1. The number of allylic oxidation sites excluding steroid dienone is 2. The van der Waals surface area contributed by atoms with Crippen molar-refractivity contribution in [2.75, 3.05) is 0 Å². The Morgan fingerprint density at radius 2 is 1.93 bits per heavy atom. The van der Waals surface area contributed by atoms with E-state index < -0.39 is 0 Å². The van der Waals surface area contributed by atoms with Gasteiger partial charge in [-0.2, -0.15) is 0 Å². The number of hydrogen-bond donors (Lipinski definition) is 0. The molecule has 1 rings (SSSR count). The van der Waals surface area contributed by atoms with E-state index in [4.69, 9.17) is 0 Å². The summed E-state index contributed by atoms with van der Waals surface area (Å²) in [4.78, 5) is 4.01. The molecule has 0 spiro atoms. The van der Waals surface area contributed by atoms with Gasteiger partial charge in [-0.05, 0) is 25.0 Å². The predicted octanol–water partition coefficient (Wildman–Crippen LogP) is 3.61. The van der Waals surface area contributed by atoms with Crippen LogP contribution in [-0.2, 0) is 0 Å².